The maximum atomic E-state index is 5.65. The lowest BCUT2D eigenvalue weighted by molar-refractivity contribution is 0.288. The minimum absolute atomic E-state index is 0.570. The van der Waals surface area contributed by atoms with Crippen molar-refractivity contribution < 1.29 is 4.74 Å². The number of ether oxygens (including phenoxy) is 1. The Balaban J connectivity index is 1.99. The molecule has 1 aromatic heterocycles. The average molecular weight is 269 g/mol. The Morgan fingerprint density at radius 1 is 1.25 bits per heavy atom. The SMILES string of the molecule is Cc1cc(-c2ccc3c(c2)CCCO3)nc(CCN)n1. The summed E-state index contributed by atoms with van der Waals surface area (Å²) in [6.07, 6.45) is 2.86. The molecule has 0 spiro atoms. The summed E-state index contributed by atoms with van der Waals surface area (Å²) < 4.78 is 5.65. The first-order chi connectivity index (χ1) is 9.76. The highest BCUT2D eigenvalue weighted by molar-refractivity contribution is 5.62. The largest absolute Gasteiger partial charge is 0.493 e. The molecular weight excluding hydrogens is 250 g/mol. The van der Waals surface area contributed by atoms with Crippen LogP contribution in [0.1, 0.15) is 23.5 Å². The van der Waals surface area contributed by atoms with Gasteiger partial charge in [-0.05, 0) is 56.1 Å². The molecule has 0 unspecified atom stereocenters. The Hall–Kier alpha value is -1.94. The summed E-state index contributed by atoms with van der Waals surface area (Å²) >= 11 is 0. The van der Waals surface area contributed by atoms with E-state index < -0.39 is 0 Å². The monoisotopic (exact) mass is 269 g/mol. The number of hydrogen-bond acceptors (Lipinski definition) is 4. The van der Waals surface area contributed by atoms with Gasteiger partial charge in [-0.1, -0.05) is 0 Å². The highest BCUT2D eigenvalue weighted by Gasteiger charge is 2.12. The van der Waals surface area contributed by atoms with Gasteiger partial charge in [-0.15, -0.1) is 0 Å². The number of fused-ring (bicyclic) bond motifs is 1. The number of aryl methyl sites for hydroxylation is 2. The zero-order chi connectivity index (χ0) is 13.9. The predicted molar refractivity (Wildman–Crippen MR) is 78.8 cm³/mol. The molecule has 0 radical (unpaired) electrons. The molecule has 1 aliphatic heterocycles. The van der Waals surface area contributed by atoms with Gasteiger partial charge in [-0.25, -0.2) is 9.97 Å². The lowest BCUT2D eigenvalue weighted by Crippen LogP contribution is -2.09. The number of hydrogen-bond donors (Lipinski definition) is 1. The molecule has 0 saturated carbocycles. The molecule has 0 atom stereocenters. The number of aromatic nitrogens is 2. The van der Waals surface area contributed by atoms with E-state index in [4.69, 9.17) is 10.5 Å². The smallest absolute Gasteiger partial charge is 0.130 e. The van der Waals surface area contributed by atoms with Gasteiger partial charge in [0.1, 0.15) is 11.6 Å². The Morgan fingerprint density at radius 2 is 2.15 bits per heavy atom. The lowest BCUT2D eigenvalue weighted by Gasteiger charge is -2.18. The van der Waals surface area contributed by atoms with Crippen LogP contribution in [0.4, 0.5) is 0 Å². The first-order valence-corrected chi connectivity index (χ1v) is 7.07. The van der Waals surface area contributed by atoms with Crippen molar-refractivity contribution in [3.05, 3.63) is 41.3 Å². The molecule has 20 heavy (non-hydrogen) atoms. The molecule has 104 valence electrons. The molecule has 4 heteroatoms. The fourth-order valence-corrected chi connectivity index (χ4v) is 2.54. The fraction of sp³-hybridized carbons (Fsp3) is 0.375. The minimum atomic E-state index is 0.570. The second kappa shape index (κ2) is 5.59. The zero-order valence-corrected chi connectivity index (χ0v) is 11.7. The van der Waals surface area contributed by atoms with Crippen LogP contribution in [-0.4, -0.2) is 23.1 Å². The van der Waals surface area contributed by atoms with E-state index in [2.05, 4.69) is 22.1 Å². The van der Waals surface area contributed by atoms with E-state index in [1.54, 1.807) is 0 Å². The van der Waals surface area contributed by atoms with Crippen LogP contribution in [0.25, 0.3) is 11.3 Å². The van der Waals surface area contributed by atoms with E-state index in [9.17, 15) is 0 Å². The molecule has 4 nitrogen and oxygen atoms in total. The van der Waals surface area contributed by atoms with Crippen molar-refractivity contribution in [2.75, 3.05) is 13.2 Å². The van der Waals surface area contributed by atoms with Gasteiger partial charge in [0.2, 0.25) is 0 Å². The average Bonchev–Trinajstić information content (AvgIpc) is 2.46. The summed E-state index contributed by atoms with van der Waals surface area (Å²) in [5, 5.41) is 0. The molecule has 2 heterocycles. The molecule has 0 bridgehead atoms. The fourth-order valence-electron chi connectivity index (χ4n) is 2.54. The van der Waals surface area contributed by atoms with Crippen molar-refractivity contribution in [3.8, 4) is 17.0 Å². The van der Waals surface area contributed by atoms with E-state index in [1.807, 2.05) is 19.1 Å². The van der Waals surface area contributed by atoms with Crippen LogP contribution in [0.2, 0.25) is 0 Å². The molecule has 0 saturated heterocycles. The summed E-state index contributed by atoms with van der Waals surface area (Å²) in [5.74, 6) is 1.82. The molecule has 2 aromatic rings. The molecule has 3 rings (SSSR count). The van der Waals surface area contributed by atoms with Crippen molar-refractivity contribution in [1.82, 2.24) is 9.97 Å². The van der Waals surface area contributed by atoms with Crippen LogP contribution in [0.15, 0.2) is 24.3 Å². The summed E-state index contributed by atoms with van der Waals surface area (Å²) in [6, 6.07) is 8.32. The number of nitrogens with zero attached hydrogens (tertiary/aromatic N) is 2. The molecule has 0 amide bonds. The first-order valence-electron chi connectivity index (χ1n) is 7.07. The Kier molecular flexibility index (Phi) is 3.65. The van der Waals surface area contributed by atoms with Crippen molar-refractivity contribution in [2.24, 2.45) is 5.73 Å². The topological polar surface area (TPSA) is 61.0 Å². The number of nitrogens with two attached hydrogens (primary N) is 1. The van der Waals surface area contributed by atoms with Gasteiger partial charge in [0, 0.05) is 17.7 Å². The second-order valence-corrected chi connectivity index (χ2v) is 5.12. The standard InChI is InChI=1S/C16H19N3O/c1-11-9-14(19-16(18-11)6-7-17)12-4-5-15-13(10-12)3-2-8-20-15/h4-5,9-10H,2-3,6-8,17H2,1H3. The van der Waals surface area contributed by atoms with Gasteiger partial charge in [-0.2, -0.15) is 0 Å². The third-order valence-corrected chi connectivity index (χ3v) is 3.47. The molecule has 1 aliphatic rings. The van der Waals surface area contributed by atoms with Crippen LogP contribution in [0.5, 0.6) is 5.75 Å². The summed E-state index contributed by atoms with van der Waals surface area (Å²) in [5.41, 5.74) is 9.93. The van der Waals surface area contributed by atoms with Crippen LogP contribution < -0.4 is 10.5 Å². The van der Waals surface area contributed by atoms with Crippen molar-refractivity contribution >= 4 is 0 Å². The van der Waals surface area contributed by atoms with E-state index in [-0.39, 0.29) is 0 Å². The Labute approximate surface area is 119 Å². The molecular formula is C16H19N3O. The van der Waals surface area contributed by atoms with Crippen LogP contribution in [0, 0.1) is 6.92 Å². The van der Waals surface area contributed by atoms with Gasteiger partial charge in [0.15, 0.2) is 0 Å². The van der Waals surface area contributed by atoms with E-state index in [0.29, 0.717) is 13.0 Å². The molecule has 1 aromatic carbocycles. The van der Waals surface area contributed by atoms with Crippen molar-refractivity contribution in [2.45, 2.75) is 26.2 Å². The minimum Gasteiger partial charge on any atom is -0.493 e. The van der Waals surface area contributed by atoms with Gasteiger partial charge < -0.3 is 10.5 Å². The van der Waals surface area contributed by atoms with E-state index in [1.165, 1.54) is 5.56 Å². The van der Waals surface area contributed by atoms with Gasteiger partial charge in [0.05, 0.1) is 12.3 Å². The van der Waals surface area contributed by atoms with E-state index >= 15 is 0 Å². The third kappa shape index (κ3) is 2.65. The lowest BCUT2D eigenvalue weighted by atomic mass is 10.0. The number of rotatable bonds is 3. The van der Waals surface area contributed by atoms with Gasteiger partial charge in [0.25, 0.3) is 0 Å². The predicted octanol–water partition coefficient (Wildman–Crippen LogP) is 2.28. The second-order valence-electron chi connectivity index (χ2n) is 5.12. The summed E-state index contributed by atoms with van der Waals surface area (Å²) in [4.78, 5) is 9.03. The third-order valence-electron chi connectivity index (χ3n) is 3.47. The Bertz CT molecular complexity index is 625. The zero-order valence-electron chi connectivity index (χ0n) is 11.7. The molecule has 0 fully saturated rings. The van der Waals surface area contributed by atoms with Crippen molar-refractivity contribution in [1.29, 1.82) is 0 Å². The maximum Gasteiger partial charge on any atom is 0.130 e. The highest BCUT2D eigenvalue weighted by atomic mass is 16.5. The van der Waals surface area contributed by atoms with Crippen LogP contribution in [0.3, 0.4) is 0 Å². The van der Waals surface area contributed by atoms with Crippen LogP contribution >= 0.6 is 0 Å². The first kappa shape index (κ1) is 13.1. The van der Waals surface area contributed by atoms with E-state index in [0.717, 1.165) is 48.0 Å². The van der Waals surface area contributed by atoms with Crippen LogP contribution in [-0.2, 0) is 12.8 Å². The normalized spacial score (nSPS) is 13.7. The summed E-state index contributed by atoms with van der Waals surface area (Å²) in [7, 11) is 0. The Morgan fingerprint density at radius 3 is 3.00 bits per heavy atom. The molecule has 2 N–H and O–H groups in total. The molecule has 0 aliphatic carbocycles. The summed E-state index contributed by atoms with van der Waals surface area (Å²) in [6.45, 7) is 3.38. The maximum absolute atomic E-state index is 5.65. The quantitative estimate of drug-likeness (QED) is 0.928. The van der Waals surface area contributed by atoms with Crippen molar-refractivity contribution in [3.63, 3.8) is 0 Å². The highest BCUT2D eigenvalue weighted by Crippen LogP contribution is 2.29. The van der Waals surface area contributed by atoms with Gasteiger partial charge in [-0.3, -0.25) is 0 Å². The van der Waals surface area contributed by atoms with Gasteiger partial charge >= 0.3 is 0 Å². The number of benzene rings is 1.